The third-order valence-electron chi connectivity index (χ3n) is 5.02. The standard InChI is InChI=1S/C19H17F3N4O3/c20-19(21,22)29-15-3-1-14(2-4-15)26-16(27)18(6-7-18)25(17(26)28)11-12-5-8-24-13(9-12)10-23/h1-5,8-9H,6-7,10-11,23H2. The van der Waals surface area contributed by atoms with Gasteiger partial charge in [0.05, 0.1) is 11.4 Å². The molecule has 1 aromatic carbocycles. The summed E-state index contributed by atoms with van der Waals surface area (Å²) in [6, 6.07) is 7.68. The molecule has 2 heterocycles. The van der Waals surface area contributed by atoms with Crippen LogP contribution in [0.15, 0.2) is 42.6 Å². The highest BCUT2D eigenvalue weighted by Gasteiger charge is 2.65. The molecule has 2 N–H and O–H groups in total. The van der Waals surface area contributed by atoms with E-state index < -0.39 is 23.7 Å². The zero-order valence-electron chi connectivity index (χ0n) is 15.1. The molecule has 1 aliphatic heterocycles. The van der Waals surface area contributed by atoms with Crippen molar-refractivity contribution in [3.8, 4) is 5.75 Å². The van der Waals surface area contributed by atoms with Crippen molar-refractivity contribution in [3.63, 3.8) is 0 Å². The highest BCUT2D eigenvalue weighted by Crippen LogP contribution is 2.49. The molecule has 1 saturated carbocycles. The molecule has 152 valence electrons. The van der Waals surface area contributed by atoms with Crippen LogP contribution < -0.4 is 15.4 Å². The summed E-state index contributed by atoms with van der Waals surface area (Å²) in [4.78, 5) is 32.6. The van der Waals surface area contributed by atoms with Crippen LogP contribution in [0.2, 0.25) is 0 Å². The first-order valence-electron chi connectivity index (χ1n) is 8.89. The first-order valence-corrected chi connectivity index (χ1v) is 8.89. The van der Waals surface area contributed by atoms with E-state index in [1.165, 1.54) is 17.0 Å². The number of aromatic nitrogens is 1. The number of ether oxygens (including phenoxy) is 1. The van der Waals surface area contributed by atoms with Gasteiger partial charge in [-0.1, -0.05) is 0 Å². The Morgan fingerprint density at radius 3 is 2.41 bits per heavy atom. The van der Waals surface area contributed by atoms with E-state index in [9.17, 15) is 22.8 Å². The molecule has 1 aliphatic carbocycles. The lowest BCUT2D eigenvalue weighted by Gasteiger charge is -2.21. The number of rotatable bonds is 5. The lowest BCUT2D eigenvalue weighted by Crippen LogP contribution is -2.36. The number of amides is 3. The van der Waals surface area contributed by atoms with Gasteiger partial charge < -0.3 is 15.4 Å². The number of halogens is 3. The van der Waals surface area contributed by atoms with Crippen molar-refractivity contribution in [1.82, 2.24) is 9.88 Å². The molecule has 0 bridgehead atoms. The molecule has 3 amide bonds. The van der Waals surface area contributed by atoms with E-state index in [2.05, 4.69) is 9.72 Å². The fourth-order valence-corrected chi connectivity index (χ4v) is 3.48. The molecule has 7 nitrogen and oxygen atoms in total. The normalized spacial score (nSPS) is 17.9. The van der Waals surface area contributed by atoms with Crippen molar-refractivity contribution in [3.05, 3.63) is 53.9 Å². The van der Waals surface area contributed by atoms with Crippen molar-refractivity contribution in [2.75, 3.05) is 4.90 Å². The van der Waals surface area contributed by atoms with Crippen LogP contribution in [-0.4, -0.2) is 33.7 Å². The predicted octanol–water partition coefficient (Wildman–Crippen LogP) is 2.94. The Balaban J connectivity index is 1.58. The number of hydrogen-bond acceptors (Lipinski definition) is 5. The summed E-state index contributed by atoms with van der Waals surface area (Å²) in [5.74, 6) is -0.801. The number of carbonyl (C=O) groups excluding carboxylic acids is 2. The Hall–Kier alpha value is -3.14. The molecule has 0 atom stereocenters. The van der Waals surface area contributed by atoms with E-state index in [0.717, 1.165) is 22.6 Å². The van der Waals surface area contributed by atoms with Gasteiger partial charge in [-0.15, -0.1) is 13.2 Å². The highest BCUT2D eigenvalue weighted by molar-refractivity contribution is 6.24. The third-order valence-corrected chi connectivity index (χ3v) is 5.02. The summed E-state index contributed by atoms with van der Waals surface area (Å²) in [5.41, 5.74) is 6.36. The van der Waals surface area contributed by atoms with E-state index in [1.54, 1.807) is 18.3 Å². The van der Waals surface area contributed by atoms with Gasteiger partial charge in [0.1, 0.15) is 11.3 Å². The quantitative estimate of drug-likeness (QED) is 0.772. The molecule has 10 heteroatoms. The average molecular weight is 406 g/mol. The number of anilines is 1. The lowest BCUT2D eigenvalue weighted by atomic mass is 10.1. The third kappa shape index (κ3) is 3.51. The number of nitrogens with two attached hydrogens (primary N) is 1. The Kier molecular flexibility index (Phi) is 4.45. The van der Waals surface area contributed by atoms with Crippen LogP contribution in [0.3, 0.4) is 0 Å². The topological polar surface area (TPSA) is 88.8 Å². The summed E-state index contributed by atoms with van der Waals surface area (Å²) < 4.78 is 40.8. The maximum absolute atomic E-state index is 13.0. The highest BCUT2D eigenvalue weighted by atomic mass is 19.4. The molecule has 29 heavy (non-hydrogen) atoms. The second-order valence-electron chi connectivity index (χ2n) is 6.94. The van der Waals surface area contributed by atoms with E-state index in [1.807, 2.05) is 0 Å². The van der Waals surface area contributed by atoms with Gasteiger partial charge in [-0.2, -0.15) is 0 Å². The van der Waals surface area contributed by atoms with E-state index in [4.69, 9.17) is 5.73 Å². The smallest absolute Gasteiger partial charge is 0.406 e. The number of imide groups is 1. The van der Waals surface area contributed by atoms with Crippen LogP contribution >= 0.6 is 0 Å². The van der Waals surface area contributed by atoms with Crippen molar-refractivity contribution in [1.29, 1.82) is 0 Å². The van der Waals surface area contributed by atoms with Crippen LogP contribution in [-0.2, 0) is 17.9 Å². The molecule has 0 unspecified atom stereocenters. The zero-order valence-corrected chi connectivity index (χ0v) is 15.1. The summed E-state index contributed by atoms with van der Waals surface area (Å²) >= 11 is 0. The van der Waals surface area contributed by atoms with Gasteiger partial charge in [0.15, 0.2) is 0 Å². The minimum atomic E-state index is -4.82. The summed E-state index contributed by atoms with van der Waals surface area (Å²) in [7, 11) is 0. The van der Waals surface area contributed by atoms with Crippen LogP contribution in [0.25, 0.3) is 0 Å². The number of nitrogens with zero attached hydrogens (tertiary/aromatic N) is 3. The zero-order chi connectivity index (χ0) is 20.8. The first-order chi connectivity index (χ1) is 13.7. The fourth-order valence-electron chi connectivity index (χ4n) is 3.48. The van der Waals surface area contributed by atoms with Gasteiger partial charge >= 0.3 is 12.4 Å². The monoisotopic (exact) mass is 406 g/mol. The van der Waals surface area contributed by atoms with Gasteiger partial charge in [-0.25, -0.2) is 9.69 Å². The maximum atomic E-state index is 13.0. The number of hydrogen-bond donors (Lipinski definition) is 1. The number of benzene rings is 1. The van der Waals surface area contributed by atoms with Gasteiger partial charge in [0.25, 0.3) is 5.91 Å². The Morgan fingerprint density at radius 2 is 1.83 bits per heavy atom. The van der Waals surface area contributed by atoms with Crippen molar-refractivity contribution >= 4 is 17.6 Å². The molecule has 2 fully saturated rings. The molecule has 1 aromatic heterocycles. The number of urea groups is 1. The molecule has 1 spiro atoms. The van der Waals surface area contributed by atoms with E-state index in [0.29, 0.717) is 18.5 Å². The van der Waals surface area contributed by atoms with E-state index in [-0.39, 0.29) is 24.7 Å². The van der Waals surface area contributed by atoms with Gasteiger partial charge in [-0.3, -0.25) is 9.78 Å². The van der Waals surface area contributed by atoms with Crippen LogP contribution in [0.1, 0.15) is 24.1 Å². The van der Waals surface area contributed by atoms with Crippen molar-refractivity contribution in [2.24, 2.45) is 5.73 Å². The van der Waals surface area contributed by atoms with Crippen molar-refractivity contribution < 1.29 is 27.5 Å². The Labute approximate surface area is 163 Å². The Bertz CT molecular complexity index is 958. The maximum Gasteiger partial charge on any atom is 0.573 e. The summed E-state index contributed by atoms with van der Waals surface area (Å²) in [6.07, 6.45) is -2.14. The van der Waals surface area contributed by atoms with Crippen LogP contribution in [0.4, 0.5) is 23.7 Å². The van der Waals surface area contributed by atoms with Crippen molar-refractivity contribution in [2.45, 2.75) is 37.8 Å². The van der Waals surface area contributed by atoms with Gasteiger partial charge in [0.2, 0.25) is 0 Å². The first kappa shape index (κ1) is 19.2. The minimum Gasteiger partial charge on any atom is -0.406 e. The summed E-state index contributed by atoms with van der Waals surface area (Å²) in [6.45, 7) is 0.468. The number of pyridine rings is 1. The molecule has 2 aromatic rings. The van der Waals surface area contributed by atoms with Gasteiger partial charge in [0, 0.05) is 19.3 Å². The summed E-state index contributed by atoms with van der Waals surface area (Å²) in [5, 5.41) is 0. The predicted molar refractivity (Wildman–Crippen MR) is 95.6 cm³/mol. The second kappa shape index (κ2) is 6.73. The molecule has 4 rings (SSSR count). The molecule has 2 aliphatic rings. The largest absolute Gasteiger partial charge is 0.573 e. The number of alkyl halides is 3. The Morgan fingerprint density at radius 1 is 1.14 bits per heavy atom. The van der Waals surface area contributed by atoms with E-state index >= 15 is 0 Å². The average Bonchev–Trinajstić information content (AvgIpc) is 3.45. The fraction of sp³-hybridized carbons (Fsp3) is 0.316. The molecule has 0 radical (unpaired) electrons. The van der Waals surface area contributed by atoms with Crippen LogP contribution in [0, 0.1) is 0 Å². The van der Waals surface area contributed by atoms with Crippen LogP contribution in [0.5, 0.6) is 5.75 Å². The second-order valence-corrected chi connectivity index (χ2v) is 6.94. The molecular formula is C19H17F3N4O3. The molecule has 1 saturated heterocycles. The number of carbonyl (C=O) groups is 2. The lowest BCUT2D eigenvalue weighted by molar-refractivity contribution is -0.274. The SMILES string of the molecule is NCc1cc(CN2C(=O)N(c3ccc(OC(F)(F)F)cc3)C(=O)C23CC3)ccn1. The van der Waals surface area contributed by atoms with Gasteiger partial charge in [-0.05, 0) is 54.8 Å². The molecular weight excluding hydrogens is 389 g/mol. The minimum absolute atomic E-state index is 0.195.